The molecule has 8 nitrogen and oxygen atoms in total. The van der Waals surface area contributed by atoms with Gasteiger partial charge in [0.15, 0.2) is 23.0 Å². The van der Waals surface area contributed by atoms with Gasteiger partial charge in [-0.2, -0.15) is 21.6 Å². The van der Waals surface area contributed by atoms with Gasteiger partial charge in [0.2, 0.25) is 0 Å². The molecule has 3 rings (SSSR count). The number of nitrogens with zero attached hydrogens (tertiary/aromatic N) is 3. The molecule has 0 spiro atoms. The van der Waals surface area contributed by atoms with Crippen molar-refractivity contribution in [1.29, 1.82) is 0 Å². The first-order valence-corrected chi connectivity index (χ1v) is 8.69. The number of phenols is 1. The van der Waals surface area contributed by atoms with Crippen LogP contribution in [0.1, 0.15) is 0 Å². The van der Waals surface area contributed by atoms with Gasteiger partial charge in [-0.15, -0.1) is 0 Å². The summed E-state index contributed by atoms with van der Waals surface area (Å²) in [5.41, 5.74) is -4.40. The molecule has 1 aromatic carbocycles. The fraction of sp³-hybridized carbons (Fsp3) is 0.133. The van der Waals surface area contributed by atoms with E-state index < -0.39 is 21.3 Å². The van der Waals surface area contributed by atoms with Crippen molar-refractivity contribution in [2.24, 2.45) is 0 Å². The van der Waals surface area contributed by atoms with Gasteiger partial charge in [0.05, 0.1) is 19.0 Å². The lowest BCUT2D eigenvalue weighted by Crippen LogP contribution is -2.30. The molecule has 0 amide bonds. The molecular formula is C15H11F3N4O4S. The van der Waals surface area contributed by atoms with E-state index in [0.717, 1.165) is 6.20 Å². The Morgan fingerprint density at radius 3 is 2.56 bits per heavy atom. The number of rotatable bonds is 4. The van der Waals surface area contributed by atoms with Crippen molar-refractivity contribution in [3.05, 3.63) is 36.5 Å². The van der Waals surface area contributed by atoms with E-state index >= 15 is 0 Å². The number of hydrogen-bond donors (Lipinski definition) is 2. The molecule has 2 N–H and O–H groups in total. The molecule has 0 radical (unpaired) electrons. The summed E-state index contributed by atoms with van der Waals surface area (Å²) < 4.78 is 66.1. The highest BCUT2D eigenvalue weighted by Gasteiger charge is 2.46. The van der Waals surface area contributed by atoms with Crippen molar-refractivity contribution in [3.63, 3.8) is 0 Å². The largest absolute Gasteiger partial charge is 0.516 e. The molecule has 0 saturated carbocycles. The Morgan fingerprint density at radius 1 is 1.15 bits per heavy atom. The first-order chi connectivity index (χ1) is 12.6. The monoisotopic (exact) mass is 400 g/mol. The number of sulfonamides is 1. The van der Waals surface area contributed by atoms with Gasteiger partial charge in [0, 0.05) is 5.56 Å². The van der Waals surface area contributed by atoms with Gasteiger partial charge >= 0.3 is 15.5 Å². The van der Waals surface area contributed by atoms with Crippen LogP contribution in [0.2, 0.25) is 0 Å². The number of aromatic nitrogens is 3. The van der Waals surface area contributed by atoms with E-state index in [1.165, 1.54) is 30.0 Å². The van der Waals surface area contributed by atoms with Crippen LogP contribution in [0.25, 0.3) is 22.4 Å². The number of methoxy groups -OCH3 is 1. The molecule has 0 fully saturated rings. The van der Waals surface area contributed by atoms with Crippen LogP contribution in [0.4, 0.5) is 19.0 Å². The lowest BCUT2D eigenvalue weighted by atomic mass is 10.1. The van der Waals surface area contributed by atoms with Gasteiger partial charge < -0.3 is 9.84 Å². The Morgan fingerprint density at radius 2 is 1.89 bits per heavy atom. The van der Waals surface area contributed by atoms with Crippen molar-refractivity contribution in [3.8, 4) is 22.8 Å². The number of pyridine rings is 1. The minimum atomic E-state index is -5.62. The molecule has 0 aliphatic carbocycles. The average Bonchev–Trinajstić information content (AvgIpc) is 2.60. The zero-order valence-electron chi connectivity index (χ0n) is 13.5. The highest BCUT2D eigenvalue weighted by atomic mass is 32.2. The number of halogens is 3. The van der Waals surface area contributed by atoms with Gasteiger partial charge in [-0.1, -0.05) is 0 Å². The highest BCUT2D eigenvalue weighted by molar-refractivity contribution is 7.93. The maximum absolute atomic E-state index is 12.5. The molecule has 0 saturated heterocycles. The molecule has 0 aliphatic heterocycles. The Kier molecular flexibility index (Phi) is 4.51. The zero-order chi connectivity index (χ0) is 19.8. The number of ether oxygens (including phenoxy) is 1. The van der Waals surface area contributed by atoms with Crippen LogP contribution in [0.5, 0.6) is 11.5 Å². The van der Waals surface area contributed by atoms with Crippen LogP contribution in [-0.4, -0.2) is 41.1 Å². The summed E-state index contributed by atoms with van der Waals surface area (Å²) in [4.78, 5) is 11.8. The maximum atomic E-state index is 12.5. The summed E-state index contributed by atoms with van der Waals surface area (Å²) in [5.74, 6) is -0.495. The number of benzene rings is 1. The topological polar surface area (TPSA) is 114 Å². The third kappa shape index (κ3) is 3.69. The SMILES string of the molecule is COc1cc(-c2ccc3ncc(NS(=O)(=O)C(F)(F)F)nc3n2)ccc1O. The quantitative estimate of drug-likeness (QED) is 0.692. The predicted molar refractivity (Wildman–Crippen MR) is 89.6 cm³/mol. The first kappa shape index (κ1) is 18.6. The van der Waals surface area contributed by atoms with E-state index in [0.29, 0.717) is 11.3 Å². The number of aromatic hydroxyl groups is 1. The summed E-state index contributed by atoms with van der Waals surface area (Å²) in [6, 6.07) is 7.55. The number of alkyl halides is 3. The van der Waals surface area contributed by atoms with Gasteiger partial charge in [0.1, 0.15) is 5.52 Å². The van der Waals surface area contributed by atoms with Gasteiger partial charge in [-0.25, -0.2) is 15.0 Å². The van der Waals surface area contributed by atoms with Crippen LogP contribution < -0.4 is 9.46 Å². The molecule has 0 unspecified atom stereocenters. The summed E-state index contributed by atoms with van der Waals surface area (Å²) >= 11 is 0. The number of hydrogen-bond acceptors (Lipinski definition) is 7. The Bertz CT molecular complexity index is 1120. The van der Waals surface area contributed by atoms with E-state index in [1.807, 2.05) is 0 Å². The third-order valence-corrected chi connectivity index (χ3v) is 4.51. The molecule has 2 heterocycles. The second-order valence-electron chi connectivity index (χ2n) is 5.23. The third-order valence-electron chi connectivity index (χ3n) is 3.43. The molecule has 0 bridgehead atoms. The van der Waals surface area contributed by atoms with Gasteiger partial charge in [0.25, 0.3) is 0 Å². The second kappa shape index (κ2) is 6.54. The number of fused-ring (bicyclic) bond motifs is 1. The Hall–Kier alpha value is -3.15. The Balaban J connectivity index is 2.02. The zero-order valence-corrected chi connectivity index (χ0v) is 14.3. The molecule has 27 heavy (non-hydrogen) atoms. The van der Waals surface area contributed by atoms with Gasteiger partial charge in [-0.05, 0) is 30.3 Å². The molecule has 0 atom stereocenters. The first-order valence-electron chi connectivity index (χ1n) is 7.21. The van der Waals surface area contributed by atoms with Crippen molar-refractivity contribution < 1.29 is 31.4 Å². The van der Waals surface area contributed by atoms with E-state index in [1.54, 1.807) is 12.1 Å². The molecule has 12 heteroatoms. The van der Waals surface area contributed by atoms with Crippen molar-refractivity contribution >= 4 is 27.0 Å². The molecule has 3 aromatic rings. The van der Waals surface area contributed by atoms with Crippen LogP contribution in [0.15, 0.2) is 36.5 Å². The lowest BCUT2D eigenvalue weighted by Gasteiger charge is -2.10. The highest BCUT2D eigenvalue weighted by Crippen LogP contribution is 2.31. The molecule has 2 aromatic heterocycles. The molecule has 142 valence electrons. The van der Waals surface area contributed by atoms with Crippen LogP contribution in [0.3, 0.4) is 0 Å². The summed E-state index contributed by atoms with van der Waals surface area (Å²) in [5, 5.41) is 9.64. The van der Waals surface area contributed by atoms with E-state index in [9.17, 15) is 26.7 Å². The normalized spacial score (nSPS) is 12.1. The van der Waals surface area contributed by atoms with Crippen molar-refractivity contribution in [1.82, 2.24) is 15.0 Å². The number of phenolic OH excluding ortho intramolecular Hbond substituents is 1. The second-order valence-corrected chi connectivity index (χ2v) is 6.91. The fourth-order valence-electron chi connectivity index (χ4n) is 2.14. The van der Waals surface area contributed by atoms with Crippen molar-refractivity contribution in [2.45, 2.75) is 5.51 Å². The average molecular weight is 400 g/mol. The maximum Gasteiger partial charge on any atom is 0.516 e. The fourth-order valence-corrected chi connectivity index (χ4v) is 2.63. The van der Waals surface area contributed by atoms with Crippen LogP contribution in [0, 0.1) is 0 Å². The van der Waals surface area contributed by atoms with E-state index in [4.69, 9.17) is 4.74 Å². The minimum Gasteiger partial charge on any atom is -0.504 e. The Labute approximate surface area is 150 Å². The van der Waals surface area contributed by atoms with Crippen LogP contribution >= 0.6 is 0 Å². The number of nitrogens with one attached hydrogen (secondary N) is 1. The van der Waals surface area contributed by atoms with E-state index in [2.05, 4.69) is 15.0 Å². The summed E-state index contributed by atoms with van der Waals surface area (Å²) in [6.07, 6.45) is 0.858. The lowest BCUT2D eigenvalue weighted by molar-refractivity contribution is -0.0429. The predicted octanol–water partition coefficient (Wildman–Crippen LogP) is 2.67. The summed E-state index contributed by atoms with van der Waals surface area (Å²) in [7, 11) is -4.25. The van der Waals surface area contributed by atoms with Gasteiger partial charge in [-0.3, -0.25) is 4.72 Å². The molecule has 0 aliphatic rings. The van der Waals surface area contributed by atoms with Crippen LogP contribution in [-0.2, 0) is 10.0 Å². The number of anilines is 1. The smallest absolute Gasteiger partial charge is 0.504 e. The minimum absolute atomic E-state index is 0.0677. The van der Waals surface area contributed by atoms with Crippen molar-refractivity contribution in [2.75, 3.05) is 11.8 Å². The standard InChI is InChI=1S/C15H11F3N4O4S/c1-26-12-6-8(2-5-11(12)23)9-3-4-10-14(20-9)21-13(7-19-10)22-27(24,25)15(16,17)18/h2-7,23H,1H3,(H,20,21,22). The van der Waals surface area contributed by atoms with E-state index in [-0.39, 0.29) is 22.7 Å². The molecular weight excluding hydrogens is 389 g/mol. The summed E-state index contributed by atoms with van der Waals surface area (Å²) in [6.45, 7) is 0.